The van der Waals surface area contributed by atoms with Gasteiger partial charge in [0.05, 0.1) is 0 Å². The highest BCUT2D eigenvalue weighted by molar-refractivity contribution is 5.70. The predicted octanol–water partition coefficient (Wildman–Crippen LogP) is -1.95. The quantitative estimate of drug-likeness (QED) is 0.425. The van der Waals surface area contributed by atoms with Crippen molar-refractivity contribution in [2.75, 3.05) is 0 Å². The van der Waals surface area contributed by atoms with Crippen LogP contribution in [0.25, 0.3) is 0 Å². The minimum atomic E-state index is -5.19. The van der Waals surface area contributed by atoms with Crippen molar-refractivity contribution >= 4 is 11.9 Å². The third-order valence-corrected chi connectivity index (χ3v) is 0.231. The van der Waals surface area contributed by atoms with Gasteiger partial charge >= 0.3 is 6.18 Å². The van der Waals surface area contributed by atoms with Gasteiger partial charge < -0.3 is 19.8 Å². The van der Waals surface area contributed by atoms with Crippen LogP contribution in [0.15, 0.2) is 0 Å². The maximum absolute atomic E-state index is 10.5. The molecule has 0 saturated carbocycles. The molecule has 0 radical (unpaired) electrons. The summed E-state index contributed by atoms with van der Waals surface area (Å²) in [5.74, 6) is -4.09. The molecule has 4 nitrogen and oxygen atoms in total. The molecule has 0 unspecified atom stereocenters. The van der Waals surface area contributed by atoms with Crippen LogP contribution in [0.1, 0.15) is 6.92 Å². The van der Waals surface area contributed by atoms with Gasteiger partial charge in [0.15, 0.2) is 0 Å². The molecular weight excluding hydrogens is 169 g/mol. The molecule has 0 aliphatic rings. The molecule has 0 amide bonds. The third kappa shape index (κ3) is 17.7. The first-order valence-corrected chi connectivity index (χ1v) is 2.13. The van der Waals surface area contributed by atoms with Gasteiger partial charge in [-0.25, -0.2) is 0 Å². The third-order valence-electron chi connectivity index (χ3n) is 0.231. The first-order valence-electron chi connectivity index (χ1n) is 2.13. The van der Waals surface area contributed by atoms with Gasteiger partial charge in [0, 0.05) is 5.97 Å². The summed E-state index contributed by atoms with van der Waals surface area (Å²) in [6, 6.07) is 0. The second kappa shape index (κ2) is 4.53. The number of aliphatic carboxylic acids is 2. The minimum Gasteiger partial charge on any atom is -0.550 e. The van der Waals surface area contributed by atoms with Crippen molar-refractivity contribution < 1.29 is 33.0 Å². The van der Waals surface area contributed by atoms with Crippen LogP contribution in [-0.2, 0) is 9.59 Å². The van der Waals surface area contributed by atoms with Crippen LogP contribution in [0.4, 0.5) is 13.2 Å². The standard InChI is InChI=1S/C2HF3O2.C2H4O2/c3-2(4,5)1(6)7;1-2(3)4/h(H,6,7);1H3,(H,3,4)/p-2. The van der Waals surface area contributed by atoms with E-state index >= 15 is 0 Å². The van der Waals surface area contributed by atoms with Gasteiger partial charge in [-0.1, -0.05) is 0 Å². The molecule has 11 heavy (non-hydrogen) atoms. The molecule has 0 aromatic rings. The Bertz CT molecular complexity index is 146. The molecule has 0 aliphatic carbocycles. The highest BCUT2D eigenvalue weighted by Gasteiger charge is 2.28. The van der Waals surface area contributed by atoms with E-state index in [2.05, 4.69) is 0 Å². The molecule has 66 valence electrons. The van der Waals surface area contributed by atoms with E-state index in [0.29, 0.717) is 0 Å². The molecule has 0 aromatic heterocycles. The summed E-state index contributed by atoms with van der Waals surface area (Å²) in [6.07, 6.45) is -5.19. The number of carbonyl (C=O) groups excluding carboxylic acids is 2. The smallest absolute Gasteiger partial charge is 0.430 e. The Hall–Kier alpha value is -1.27. The molecule has 0 aliphatic heterocycles. The van der Waals surface area contributed by atoms with Crippen molar-refractivity contribution in [3.63, 3.8) is 0 Å². The lowest BCUT2D eigenvalue weighted by molar-refractivity contribution is -0.344. The summed E-state index contributed by atoms with van der Waals surface area (Å²) in [7, 11) is 0. The Balaban J connectivity index is 0. The van der Waals surface area contributed by atoms with Gasteiger partial charge in [-0.2, -0.15) is 13.2 Å². The molecular formula is C4H3F3O4-2. The Morgan fingerprint density at radius 3 is 1.27 bits per heavy atom. The Morgan fingerprint density at radius 2 is 1.27 bits per heavy atom. The zero-order valence-corrected chi connectivity index (χ0v) is 5.27. The molecule has 0 aromatic carbocycles. The van der Waals surface area contributed by atoms with Crippen molar-refractivity contribution in [1.29, 1.82) is 0 Å². The summed E-state index contributed by atoms with van der Waals surface area (Å²) < 4.78 is 31.5. The number of carboxylic acids is 2. The van der Waals surface area contributed by atoms with Crippen molar-refractivity contribution in [2.24, 2.45) is 0 Å². The topological polar surface area (TPSA) is 80.3 Å². The van der Waals surface area contributed by atoms with Gasteiger partial charge in [0.1, 0.15) is 5.97 Å². The number of carboxylic acid groups (broad SMARTS) is 2. The van der Waals surface area contributed by atoms with Crippen molar-refractivity contribution in [1.82, 2.24) is 0 Å². The van der Waals surface area contributed by atoms with E-state index in [0.717, 1.165) is 6.92 Å². The Labute approximate surface area is 59.2 Å². The van der Waals surface area contributed by atoms with E-state index in [-0.39, 0.29) is 0 Å². The molecule has 0 heterocycles. The van der Waals surface area contributed by atoms with Gasteiger partial charge in [-0.15, -0.1) is 0 Å². The van der Waals surface area contributed by atoms with Crippen LogP contribution in [0.2, 0.25) is 0 Å². The van der Waals surface area contributed by atoms with Crippen molar-refractivity contribution in [2.45, 2.75) is 13.1 Å². The lowest BCUT2D eigenvalue weighted by Crippen LogP contribution is -2.37. The molecule has 0 bridgehead atoms. The van der Waals surface area contributed by atoms with Crippen molar-refractivity contribution in [3.8, 4) is 0 Å². The van der Waals surface area contributed by atoms with Gasteiger partial charge in [0.25, 0.3) is 0 Å². The van der Waals surface area contributed by atoms with Gasteiger partial charge in [0.2, 0.25) is 0 Å². The molecule has 0 N–H and O–H groups in total. The first-order chi connectivity index (χ1) is 4.68. The van der Waals surface area contributed by atoms with Crippen LogP contribution < -0.4 is 10.2 Å². The molecule has 0 atom stereocenters. The number of halogens is 3. The van der Waals surface area contributed by atoms with Gasteiger partial charge in [-0.3, -0.25) is 0 Å². The second-order valence-electron chi connectivity index (χ2n) is 1.28. The predicted molar refractivity (Wildman–Crippen MR) is 21.7 cm³/mol. The van der Waals surface area contributed by atoms with E-state index in [1.165, 1.54) is 0 Å². The van der Waals surface area contributed by atoms with E-state index in [4.69, 9.17) is 19.8 Å². The number of hydrogen-bond acceptors (Lipinski definition) is 4. The van der Waals surface area contributed by atoms with Crippen molar-refractivity contribution in [3.05, 3.63) is 0 Å². The number of alkyl halides is 3. The highest BCUT2D eigenvalue weighted by atomic mass is 19.4. The average molecular weight is 172 g/mol. The average Bonchev–Trinajstić information content (AvgIpc) is 1.59. The Kier molecular flexibility index (Phi) is 5.11. The largest absolute Gasteiger partial charge is 0.550 e. The van der Waals surface area contributed by atoms with E-state index in [9.17, 15) is 13.2 Å². The van der Waals surface area contributed by atoms with Crippen LogP contribution >= 0.6 is 0 Å². The molecule has 7 heteroatoms. The maximum atomic E-state index is 10.5. The Morgan fingerprint density at radius 1 is 1.18 bits per heavy atom. The van der Waals surface area contributed by atoms with E-state index in [1.807, 2.05) is 0 Å². The normalized spacial score (nSPS) is 9.45. The van der Waals surface area contributed by atoms with Crippen LogP contribution in [0.5, 0.6) is 0 Å². The van der Waals surface area contributed by atoms with Gasteiger partial charge in [-0.05, 0) is 6.92 Å². The minimum absolute atomic E-state index is 0.972. The summed E-state index contributed by atoms with van der Waals surface area (Å²) in [5.41, 5.74) is 0. The summed E-state index contributed by atoms with van der Waals surface area (Å²) in [5, 5.41) is 17.7. The number of rotatable bonds is 0. The summed E-state index contributed by atoms with van der Waals surface area (Å²) in [4.78, 5) is 17.7. The van der Waals surface area contributed by atoms with E-state index < -0.39 is 18.1 Å². The summed E-state index contributed by atoms with van der Waals surface area (Å²) in [6.45, 7) is 0.972. The molecule has 0 saturated heterocycles. The molecule has 0 spiro atoms. The fourth-order valence-electron chi connectivity index (χ4n) is 0. The summed E-state index contributed by atoms with van der Waals surface area (Å²) >= 11 is 0. The monoisotopic (exact) mass is 172 g/mol. The van der Waals surface area contributed by atoms with Crippen LogP contribution in [0.3, 0.4) is 0 Å². The zero-order valence-electron chi connectivity index (χ0n) is 5.27. The number of hydrogen-bond donors (Lipinski definition) is 0. The fraction of sp³-hybridized carbons (Fsp3) is 0.500. The SMILES string of the molecule is CC(=O)[O-].O=C([O-])C(F)(F)F. The van der Waals surface area contributed by atoms with Crippen LogP contribution in [-0.4, -0.2) is 18.1 Å². The lowest BCUT2D eigenvalue weighted by Gasteiger charge is -2.03. The second-order valence-corrected chi connectivity index (χ2v) is 1.28. The van der Waals surface area contributed by atoms with E-state index in [1.54, 1.807) is 0 Å². The first kappa shape index (κ1) is 12.4. The molecule has 0 fully saturated rings. The molecule has 0 rings (SSSR count). The maximum Gasteiger partial charge on any atom is 0.430 e. The highest BCUT2D eigenvalue weighted by Crippen LogP contribution is 2.11. The van der Waals surface area contributed by atoms with Crippen LogP contribution in [0, 0.1) is 0 Å². The lowest BCUT2D eigenvalue weighted by atomic mass is 10.7. The number of carbonyl (C=O) groups is 2. The fourth-order valence-corrected chi connectivity index (χ4v) is 0. The zero-order chi connectivity index (χ0) is 9.65.